The molecule has 0 saturated heterocycles. The van der Waals surface area contributed by atoms with Gasteiger partial charge in [-0.05, 0) is 49.2 Å². The summed E-state index contributed by atoms with van der Waals surface area (Å²) in [5.41, 5.74) is 1.22. The van der Waals surface area contributed by atoms with Crippen molar-refractivity contribution < 1.29 is 19.8 Å². The molecule has 0 amide bonds. The lowest BCUT2D eigenvalue weighted by atomic mass is 10.1. The molecule has 0 aliphatic heterocycles. The fourth-order valence-corrected chi connectivity index (χ4v) is 2.60. The molecule has 0 radical (unpaired) electrons. The molecule has 0 bridgehead atoms. The van der Waals surface area contributed by atoms with Crippen molar-refractivity contribution in [1.82, 2.24) is 0 Å². The summed E-state index contributed by atoms with van der Waals surface area (Å²) in [6.07, 6.45) is 3.28. The van der Waals surface area contributed by atoms with Gasteiger partial charge in [0.1, 0.15) is 23.6 Å². The van der Waals surface area contributed by atoms with Gasteiger partial charge in [-0.15, -0.1) is 0 Å². The van der Waals surface area contributed by atoms with Crippen LogP contribution < -0.4 is 0 Å². The van der Waals surface area contributed by atoms with Crippen molar-refractivity contribution in [2.24, 2.45) is 9.98 Å². The van der Waals surface area contributed by atoms with Gasteiger partial charge in [0.2, 0.25) is 0 Å². The van der Waals surface area contributed by atoms with E-state index in [0.29, 0.717) is 23.7 Å². The zero-order chi connectivity index (χ0) is 22.3. The Morgan fingerprint density at radius 3 is 1.40 bits per heavy atom. The Balaban J connectivity index is 2.48. The van der Waals surface area contributed by atoms with E-state index >= 15 is 0 Å². The normalized spacial score (nSPS) is 11.7. The van der Waals surface area contributed by atoms with E-state index in [4.69, 9.17) is 0 Å². The maximum absolute atomic E-state index is 11.0. The van der Waals surface area contributed by atoms with Crippen LogP contribution in [0.25, 0.3) is 0 Å². The van der Waals surface area contributed by atoms with Gasteiger partial charge in [0.05, 0.1) is 11.1 Å². The minimum atomic E-state index is -0.343. The number of nitrogens with zero attached hydrogens (tertiary/aromatic N) is 4. The first-order chi connectivity index (χ1) is 14.3. The molecule has 0 aromatic heterocycles. The molecule has 0 unspecified atom stereocenters. The smallest absolute Gasteiger partial charge is 0.176 e. The zero-order valence-corrected chi connectivity index (χ0v) is 16.1. The molecule has 30 heavy (non-hydrogen) atoms. The molecular formula is C22H16N4O4. The Kier molecular flexibility index (Phi) is 6.94. The minimum Gasteiger partial charge on any atom is -0.507 e. The number of aromatic hydroxyl groups is 2. The zero-order valence-electron chi connectivity index (χ0n) is 16.1. The lowest BCUT2D eigenvalue weighted by Crippen LogP contribution is -1.93. The van der Waals surface area contributed by atoms with Gasteiger partial charge < -0.3 is 10.2 Å². The van der Waals surface area contributed by atoms with E-state index in [1.807, 2.05) is 0 Å². The van der Waals surface area contributed by atoms with Gasteiger partial charge in [0.25, 0.3) is 0 Å². The summed E-state index contributed by atoms with van der Waals surface area (Å²) in [6.45, 7) is 3.44. The predicted octanol–water partition coefficient (Wildman–Crippen LogP) is 3.14. The van der Waals surface area contributed by atoms with Crippen LogP contribution in [0.15, 0.2) is 45.6 Å². The number of carbonyl (C=O) groups is 2. The first-order valence-electron chi connectivity index (χ1n) is 8.54. The second-order valence-corrected chi connectivity index (χ2v) is 6.26. The van der Waals surface area contributed by atoms with Crippen LogP contribution in [0.2, 0.25) is 0 Å². The number of aliphatic imine (C=N–C) groups is 2. The molecule has 0 saturated carbocycles. The fourth-order valence-electron chi connectivity index (χ4n) is 2.60. The quantitative estimate of drug-likeness (QED) is 0.432. The van der Waals surface area contributed by atoms with Crippen LogP contribution in [0.4, 0.5) is 0 Å². The van der Waals surface area contributed by atoms with Crippen LogP contribution in [0, 0.1) is 36.5 Å². The molecule has 2 aromatic rings. The van der Waals surface area contributed by atoms with Crippen molar-refractivity contribution >= 4 is 25.0 Å². The topological polar surface area (TPSA) is 147 Å². The van der Waals surface area contributed by atoms with Crippen LogP contribution in [0.5, 0.6) is 11.5 Å². The van der Waals surface area contributed by atoms with E-state index in [1.54, 1.807) is 38.1 Å². The highest BCUT2D eigenvalue weighted by molar-refractivity contribution is 5.92. The highest BCUT2D eigenvalue weighted by atomic mass is 16.3. The van der Waals surface area contributed by atoms with Gasteiger partial charge in [-0.2, -0.15) is 10.5 Å². The number of hydrogen-bond acceptors (Lipinski definition) is 8. The van der Waals surface area contributed by atoms with E-state index < -0.39 is 0 Å². The van der Waals surface area contributed by atoms with E-state index in [0.717, 1.165) is 12.4 Å². The largest absolute Gasteiger partial charge is 0.507 e. The molecule has 2 aromatic carbocycles. The minimum absolute atomic E-state index is 0.0679. The van der Waals surface area contributed by atoms with Crippen LogP contribution in [0.1, 0.15) is 43.0 Å². The lowest BCUT2D eigenvalue weighted by molar-refractivity contribution is 0.111. The summed E-state index contributed by atoms with van der Waals surface area (Å²) in [5, 5.41) is 38.9. The third-order valence-electron chi connectivity index (χ3n) is 3.98. The Labute approximate surface area is 172 Å². The summed E-state index contributed by atoms with van der Waals surface area (Å²) in [5.74, 6) is -0.602. The van der Waals surface area contributed by atoms with E-state index in [2.05, 4.69) is 9.98 Å². The third-order valence-corrected chi connectivity index (χ3v) is 3.98. The van der Waals surface area contributed by atoms with Crippen molar-refractivity contribution in [3.8, 4) is 23.6 Å². The number of hydrogen-bond donors (Lipinski definition) is 2. The Hall–Kier alpha value is -4.56. The highest BCUT2D eigenvalue weighted by Crippen LogP contribution is 2.23. The summed E-state index contributed by atoms with van der Waals surface area (Å²) in [7, 11) is 0. The number of aryl methyl sites for hydroxylation is 2. The summed E-state index contributed by atoms with van der Waals surface area (Å²) in [6, 6.07) is 9.60. The Bertz CT molecular complexity index is 1100. The second kappa shape index (κ2) is 9.58. The molecule has 0 atom stereocenters. The van der Waals surface area contributed by atoms with E-state index in [9.17, 15) is 30.3 Å². The number of allylic oxidation sites excluding steroid dienone is 2. The number of carbonyl (C=O) groups excluding carboxylic acids is 2. The first-order valence-corrected chi connectivity index (χ1v) is 8.54. The molecule has 0 heterocycles. The number of aldehydes is 2. The van der Waals surface area contributed by atoms with Crippen LogP contribution in [0.3, 0.4) is 0 Å². The van der Waals surface area contributed by atoms with Crippen molar-refractivity contribution in [3.63, 3.8) is 0 Å². The number of nitriles is 2. The second-order valence-electron chi connectivity index (χ2n) is 6.26. The maximum Gasteiger partial charge on any atom is 0.176 e. The van der Waals surface area contributed by atoms with Crippen molar-refractivity contribution in [2.75, 3.05) is 0 Å². The lowest BCUT2D eigenvalue weighted by Gasteiger charge is -2.04. The fraction of sp³-hybridized carbons (Fsp3) is 0.0909. The average molecular weight is 400 g/mol. The molecule has 8 heteroatoms. The van der Waals surface area contributed by atoms with Crippen molar-refractivity contribution in [1.29, 1.82) is 10.5 Å². The first kappa shape index (κ1) is 21.7. The van der Waals surface area contributed by atoms with Gasteiger partial charge in [0.15, 0.2) is 24.0 Å². The third kappa shape index (κ3) is 4.83. The van der Waals surface area contributed by atoms with Crippen LogP contribution in [-0.4, -0.2) is 35.2 Å². The van der Waals surface area contributed by atoms with Gasteiger partial charge in [0, 0.05) is 23.6 Å². The van der Waals surface area contributed by atoms with E-state index in [1.165, 1.54) is 12.1 Å². The number of rotatable bonds is 6. The van der Waals surface area contributed by atoms with Crippen LogP contribution in [-0.2, 0) is 0 Å². The molecule has 0 aliphatic rings. The SMILES string of the molecule is Cc1cc(C=O)c(O)c(C=N/C(C#N)=C(/C#N)N=Cc2cc(C)cc(C=O)c2O)c1. The summed E-state index contributed by atoms with van der Waals surface area (Å²) < 4.78 is 0. The van der Waals surface area contributed by atoms with Gasteiger partial charge >= 0.3 is 0 Å². The van der Waals surface area contributed by atoms with Gasteiger partial charge in [-0.3, -0.25) is 9.59 Å². The summed E-state index contributed by atoms with van der Waals surface area (Å²) in [4.78, 5) is 29.9. The number of phenols is 2. The Morgan fingerprint density at radius 1 is 0.767 bits per heavy atom. The van der Waals surface area contributed by atoms with Gasteiger partial charge in [-0.1, -0.05) is 0 Å². The van der Waals surface area contributed by atoms with Crippen molar-refractivity contribution in [3.05, 3.63) is 69.0 Å². The van der Waals surface area contributed by atoms with E-state index in [-0.39, 0.29) is 45.1 Å². The van der Waals surface area contributed by atoms with Gasteiger partial charge in [-0.25, -0.2) is 9.98 Å². The maximum atomic E-state index is 11.0. The molecule has 148 valence electrons. The standard InChI is InChI=1S/C22H16N4O4/c1-13-3-15(21(29)17(5-13)11-27)9-25-19(7-23)20(8-24)26-10-16-4-14(2)6-18(12-28)22(16)30/h3-6,9-12,29-30H,1-2H3/b20-19-,25-9?,26-10?. The van der Waals surface area contributed by atoms with Crippen LogP contribution >= 0.6 is 0 Å². The molecular weight excluding hydrogens is 384 g/mol. The van der Waals surface area contributed by atoms with Crippen molar-refractivity contribution in [2.45, 2.75) is 13.8 Å². The molecule has 0 fully saturated rings. The number of phenolic OH excluding ortho intramolecular Hbond substituents is 2. The predicted molar refractivity (Wildman–Crippen MR) is 110 cm³/mol. The monoisotopic (exact) mass is 400 g/mol. The molecule has 8 nitrogen and oxygen atoms in total. The molecule has 0 aliphatic carbocycles. The highest BCUT2D eigenvalue weighted by Gasteiger charge is 2.10. The molecule has 2 N–H and O–H groups in total. The summed E-state index contributed by atoms with van der Waals surface area (Å²) >= 11 is 0. The molecule has 0 spiro atoms. The number of benzene rings is 2. The average Bonchev–Trinajstić information content (AvgIpc) is 2.74. The Morgan fingerprint density at radius 2 is 1.10 bits per heavy atom. The molecule has 2 rings (SSSR count).